The fraction of sp³-hybridized carbons (Fsp3) is 0.400. The first-order valence-electron chi connectivity index (χ1n) is 7.40. The van der Waals surface area contributed by atoms with E-state index < -0.39 is 10.0 Å². The van der Waals surface area contributed by atoms with Crippen LogP contribution in [-0.2, 0) is 16.6 Å². The first kappa shape index (κ1) is 15.6. The largest absolute Gasteiger partial charge is 0.312 e. The first-order valence-corrected chi connectivity index (χ1v) is 10.5. The van der Waals surface area contributed by atoms with Gasteiger partial charge in [-0.1, -0.05) is 6.07 Å². The van der Waals surface area contributed by atoms with E-state index in [1.165, 1.54) is 11.3 Å². The normalized spacial score (nSPS) is 24.4. The van der Waals surface area contributed by atoms with Crippen molar-refractivity contribution in [2.45, 2.75) is 23.1 Å². The zero-order chi connectivity index (χ0) is 16.2. The maximum absolute atomic E-state index is 12.9. The van der Waals surface area contributed by atoms with Crippen LogP contribution in [0, 0.1) is 5.92 Å². The fourth-order valence-electron chi connectivity index (χ4n) is 3.61. The predicted molar refractivity (Wildman–Crippen MR) is 92.3 cm³/mol. The number of nitrogens with zero attached hydrogens (tertiary/aromatic N) is 2. The third-order valence-corrected chi connectivity index (χ3v) is 8.51. The van der Waals surface area contributed by atoms with Crippen molar-refractivity contribution in [2.75, 3.05) is 13.1 Å². The van der Waals surface area contributed by atoms with Gasteiger partial charge in [-0.3, -0.25) is 4.79 Å². The Kier molecular flexibility index (Phi) is 3.75. The molecule has 5 nitrogen and oxygen atoms in total. The van der Waals surface area contributed by atoms with Crippen molar-refractivity contribution in [3.8, 4) is 0 Å². The fourth-order valence-corrected chi connectivity index (χ4v) is 7.34. The summed E-state index contributed by atoms with van der Waals surface area (Å²) in [6.45, 7) is 1.53. The van der Waals surface area contributed by atoms with E-state index in [0.717, 1.165) is 15.9 Å². The molecule has 0 saturated carbocycles. The Morgan fingerprint density at radius 1 is 1.13 bits per heavy atom. The molecule has 0 N–H and O–H groups in total. The maximum Gasteiger partial charge on any atom is 0.252 e. The molecule has 2 atom stereocenters. The molecule has 0 amide bonds. The second-order valence-corrected chi connectivity index (χ2v) is 10.7. The lowest BCUT2D eigenvalue weighted by atomic mass is 9.84. The molecule has 2 aliphatic heterocycles. The van der Waals surface area contributed by atoms with E-state index in [1.54, 1.807) is 28.6 Å². The van der Waals surface area contributed by atoms with Gasteiger partial charge < -0.3 is 4.57 Å². The molecule has 0 aromatic carbocycles. The molecule has 4 rings (SSSR count). The van der Waals surface area contributed by atoms with E-state index in [2.05, 4.69) is 15.9 Å². The third-order valence-electron chi connectivity index (χ3n) is 4.59. The Morgan fingerprint density at radius 3 is 2.70 bits per heavy atom. The molecule has 1 saturated heterocycles. The minimum absolute atomic E-state index is 0.00990. The predicted octanol–water partition coefficient (Wildman–Crippen LogP) is 2.48. The number of thiophene rings is 1. The van der Waals surface area contributed by atoms with Crippen LogP contribution in [0.1, 0.15) is 18.0 Å². The molecule has 0 aliphatic carbocycles. The molecule has 23 heavy (non-hydrogen) atoms. The van der Waals surface area contributed by atoms with Gasteiger partial charge in [0.15, 0.2) is 0 Å². The summed E-state index contributed by atoms with van der Waals surface area (Å²) >= 11 is 4.56. The zero-order valence-electron chi connectivity index (χ0n) is 12.2. The molecule has 122 valence electrons. The number of halogens is 1. The van der Waals surface area contributed by atoms with Gasteiger partial charge >= 0.3 is 0 Å². The summed E-state index contributed by atoms with van der Waals surface area (Å²) < 4.78 is 30.3. The van der Waals surface area contributed by atoms with Crippen LogP contribution in [0.15, 0.2) is 43.1 Å². The number of piperidine rings is 1. The van der Waals surface area contributed by atoms with Gasteiger partial charge in [-0.25, -0.2) is 8.42 Å². The van der Waals surface area contributed by atoms with Crippen LogP contribution in [0.2, 0.25) is 0 Å². The molecule has 8 heteroatoms. The van der Waals surface area contributed by atoms with Crippen LogP contribution >= 0.6 is 27.3 Å². The van der Waals surface area contributed by atoms with Crippen LogP contribution in [0.4, 0.5) is 0 Å². The highest BCUT2D eigenvalue weighted by molar-refractivity contribution is 9.11. The highest BCUT2D eigenvalue weighted by Crippen LogP contribution is 2.38. The maximum atomic E-state index is 12.9. The Balaban J connectivity index is 1.70. The molecule has 2 aromatic rings. The summed E-state index contributed by atoms with van der Waals surface area (Å²) in [7, 11) is -3.46. The lowest BCUT2D eigenvalue weighted by Crippen LogP contribution is -2.48. The van der Waals surface area contributed by atoms with Crippen LogP contribution in [-0.4, -0.2) is 30.4 Å². The molecule has 2 aliphatic rings. The molecule has 2 unspecified atom stereocenters. The SMILES string of the molecule is O=c1cccc2n1CC1CC2CN(S(=O)(=O)c2ccc(Br)s2)C1. The van der Waals surface area contributed by atoms with Crippen molar-refractivity contribution in [1.29, 1.82) is 0 Å². The van der Waals surface area contributed by atoms with Gasteiger partial charge in [0.1, 0.15) is 4.21 Å². The molecule has 0 spiro atoms. The van der Waals surface area contributed by atoms with Crippen LogP contribution < -0.4 is 5.56 Å². The topological polar surface area (TPSA) is 59.4 Å². The lowest BCUT2D eigenvalue weighted by Gasteiger charge is -2.41. The van der Waals surface area contributed by atoms with Gasteiger partial charge in [-0.15, -0.1) is 11.3 Å². The number of hydrogen-bond acceptors (Lipinski definition) is 4. The smallest absolute Gasteiger partial charge is 0.252 e. The van der Waals surface area contributed by atoms with Gasteiger partial charge in [0, 0.05) is 37.3 Å². The number of fused-ring (bicyclic) bond motifs is 4. The molecular weight excluding hydrogens is 400 g/mol. The Labute approximate surface area is 146 Å². The number of pyridine rings is 1. The van der Waals surface area contributed by atoms with E-state index >= 15 is 0 Å². The molecule has 0 radical (unpaired) electrons. The van der Waals surface area contributed by atoms with Crippen molar-refractivity contribution in [3.63, 3.8) is 0 Å². The number of hydrogen-bond donors (Lipinski definition) is 0. The third kappa shape index (κ3) is 2.61. The molecule has 2 bridgehead atoms. The second-order valence-electron chi connectivity index (χ2n) is 6.08. The quantitative estimate of drug-likeness (QED) is 0.758. The highest BCUT2D eigenvalue weighted by atomic mass is 79.9. The van der Waals surface area contributed by atoms with E-state index in [9.17, 15) is 13.2 Å². The molecule has 2 aromatic heterocycles. The Morgan fingerprint density at radius 2 is 1.96 bits per heavy atom. The standard InChI is InChI=1S/C15H15BrN2O3S2/c16-13-4-5-15(22-13)23(20,21)17-7-10-6-11(9-17)12-2-1-3-14(19)18(12)8-10/h1-5,10-11H,6-9H2. The van der Waals surface area contributed by atoms with Crippen molar-refractivity contribution in [1.82, 2.24) is 8.87 Å². The summed E-state index contributed by atoms with van der Waals surface area (Å²) in [6, 6.07) is 8.69. The lowest BCUT2D eigenvalue weighted by molar-refractivity contribution is 0.186. The minimum Gasteiger partial charge on any atom is -0.312 e. The van der Waals surface area contributed by atoms with Crippen LogP contribution in [0.3, 0.4) is 0 Å². The van der Waals surface area contributed by atoms with E-state index in [1.807, 2.05) is 10.6 Å². The van der Waals surface area contributed by atoms with Crippen LogP contribution in [0.25, 0.3) is 0 Å². The zero-order valence-corrected chi connectivity index (χ0v) is 15.4. The Hall–Kier alpha value is -0.960. The van der Waals surface area contributed by atoms with E-state index in [-0.39, 0.29) is 17.4 Å². The van der Waals surface area contributed by atoms with Crippen molar-refractivity contribution in [2.24, 2.45) is 5.92 Å². The second kappa shape index (κ2) is 5.54. The van der Waals surface area contributed by atoms with Gasteiger partial charge in [-0.05, 0) is 46.5 Å². The van der Waals surface area contributed by atoms with Gasteiger partial charge in [0.05, 0.1) is 3.79 Å². The monoisotopic (exact) mass is 414 g/mol. The van der Waals surface area contributed by atoms with Crippen LogP contribution in [0.5, 0.6) is 0 Å². The van der Waals surface area contributed by atoms with Gasteiger partial charge in [0.25, 0.3) is 15.6 Å². The van der Waals surface area contributed by atoms with Crippen molar-refractivity contribution >= 4 is 37.3 Å². The highest BCUT2D eigenvalue weighted by Gasteiger charge is 2.39. The molecular formula is C15H15BrN2O3S2. The van der Waals surface area contributed by atoms with Crippen molar-refractivity contribution < 1.29 is 8.42 Å². The number of sulfonamides is 1. The summed E-state index contributed by atoms with van der Waals surface area (Å²) in [5.74, 6) is 0.286. The molecule has 1 fully saturated rings. The van der Waals surface area contributed by atoms with E-state index in [4.69, 9.17) is 0 Å². The average molecular weight is 415 g/mol. The summed E-state index contributed by atoms with van der Waals surface area (Å²) in [5, 5.41) is 0. The van der Waals surface area contributed by atoms with Gasteiger partial charge in [0.2, 0.25) is 0 Å². The van der Waals surface area contributed by atoms with Gasteiger partial charge in [-0.2, -0.15) is 4.31 Å². The number of aromatic nitrogens is 1. The summed E-state index contributed by atoms with van der Waals surface area (Å²) in [6.07, 6.45) is 0.948. The summed E-state index contributed by atoms with van der Waals surface area (Å²) in [4.78, 5) is 12.0. The molecule has 4 heterocycles. The average Bonchev–Trinajstić information content (AvgIpc) is 2.96. The Bertz CT molecular complexity index is 919. The minimum atomic E-state index is -3.46. The first-order chi connectivity index (χ1) is 10.9. The van der Waals surface area contributed by atoms with E-state index in [0.29, 0.717) is 23.8 Å². The van der Waals surface area contributed by atoms with Crippen molar-refractivity contribution in [3.05, 3.63) is 50.2 Å². The number of rotatable bonds is 2. The summed E-state index contributed by atoms with van der Waals surface area (Å²) in [5.41, 5.74) is 0.969.